The van der Waals surface area contributed by atoms with Gasteiger partial charge < -0.3 is 5.11 Å². The fourth-order valence-electron chi connectivity index (χ4n) is 3.00. The summed E-state index contributed by atoms with van der Waals surface area (Å²) in [5, 5.41) is 20.4. The molecule has 0 saturated heterocycles. The van der Waals surface area contributed by atoms with Gasteiger partial charge in [0.05, 0.1) is 17.6 Å². The van der Waals surface area contributed by atoms with Gasteiger partial charge in [0.15, 0.2) is 0 Å². The Morgan fingerprint density at radius 3 is 2.33 bits per heavy atom. The number of halogens is 2. The molecule has 0 radical (unpaired) electrons. The largest absolute Gasteiger partial charge is 0.387 e. The van der Waals surface area contributed by atoms with E-state index in [0.717, 1.165) is 11.1 Å². The number of nitrogens with zero attached hydrogens (tertiary/aromatic N) is 1. The van der Waals surface area contributed by atoms with Crippen molar-refractivity contribution in [2.24, 2.45) is 5.41 Å². The zero-order valence-corrected chi connectivity index (χ0v) is 12.8. The molecular formula is C17H13BrFNO. The van der Waals surface area contributed by atoms with Crippen LogP contribution in [-0.4, -0.2) is 5.11 Å². The Kier molecular flexibility index (Phi) is 3.56. The second-order valence-corrected chi connectivity index (χ2v) is 6.31. The van der Waals surface area contributed by atoms with Crippen LogP contribution in [0.15, 0.2) is 46.9 Å². The number of benzene rings is 2. The van der Waals surface area contributed by atoms with Crippen molar-refractivity contribution in [3.8, 4) is 6.07 Å². The summed E-state index contributed by atoms with van der Waals surface area (Å²) in [6.45, 7) is 0. The van der Waals surface area contributed by atoms with Gasteiger partial charge >= 0.3 is 0 Å². The standard InChI is InChI=1S/C17H13BrFNO/c18-15-7-13(19)5-6-14(15)16(21)17(10-20)8-11-3-1-2-4-12(11)9-17/h1-7,16,21H,8-9H2. The molecule has 106 valence electrons. The van der Waals surface area contributed by atoms with Crippen LogP contribution in [0.25, 0.3) is 0 Å². The maximum absolute atomic E-state index is 13.2. The fraction of sp³-hybridized carbons (Fsp3) is 0.235. The molecule has 2 nitrogen and oxygen atoms in total. The number of fused-ring (bicyclic) bond motifs is 1. The summed E-state index contributed by atoms with van der Waals surface area (Å²) >= 11 is 3.27. The molecule has 4 heteroatoms. The minimum absolute atomic E-state index is 0.376. The normalized spacial score (nSPS) is 17.0. The topological polar surface area (TPSA) is 44.0 Å². The molecule has 0 fully saturated rings. The Morgan fingerprint density at radius 1 is 1.19 bits per heavy atom. The number of nitriles is 1. The summed E-state index contributed by atoms with van der Waals surface area (Å²) in [5.74, 6) is -0.376. The minimum Gasteiger partial charge on any atom is -0.387 e. The maximum Gasteiger partial charge on any atom is 0.124 e. The molecule has 2 aromatic rings. The molecule has 1 atom stereocenters. The zero-order chi connectivity index (χ0) is 15.0. The van der Waals surface area contributed by atoms with Crippen LogP contribution in [-0.2, 0) is 12.8 Å². The molecule has 1 unspecified atom stereocenters. The molecule has 0 amide bonds. The van der Waals surface area contributed by atoms with Gasteiger partial charge in [-0.2, -0.15) is 5.26 Å². The van der Waals surface area contributed by atoms with Gasteiger partial charge in [0, 0.05) is 4.47 Å². The summed E-state index contributed by atoms with van der Waals surface area (Å²) in [4.78, 5) is 0. The van der Waals surface area contributed by atoms with E-state index in [4.69, 9.17) is 0 Å². The lowest BCUT2D eigenvalue weighted by Gasteiger charge is -2.28. The van der Waals surface area contributed by atoms with Gasteiger partial charge in [0.25, 0.3) is 0 Å². The summed E-state index contributed by atoms with van der Waals surface area (Å²) in [5.41, 5.74) is 1.84. The van der Waals surface area contributed by atoms with Gasteiger partial charge in [-0.1, -0.05) is 46.3 Å². The van der Waals surface area contributed by atoms with E-state index in [9.17, 15) is 14.8 Å². The third-order valence-electron chi connectivity index (χ3n) is 4.13. The van der Waals surface area contributed by atoms with Crippen LogP contribution < -0.4 is 0 Å². The summed E-state index contributed by atoms with van der Waals surface area (Å²) in [6, 6.07) is 14.3. The number of aliphatic hydroxyl groups is 1. The van der Waals surface area contributed by atoms with E-state index in [0.29, 0.717) is 22.9 Å². The first-order chi connectivity index (χ1) is 10.1. The van der Waals surface area contributed by atoms with Crippen molar-refractivity contribution < 1.29 is 9.50 Å². The molecule has 1 aliphatic rings. The average molecular weight is 346 g/mol. The quantitative estimate of drug-likeness (QED) is 0.896. The highest BCUT2D eigenvalue weighted by Gasteiger charge is 2.44. The van der Waals surface area contributed by atoms with Crippen molar-refractivity contribution in [3.63, 3.8) is 0 Å². The van der Waals surface area contributed by atoms with Gasteiger partial charge in [-0.05, 0) is 41.7 Å². The van der Waals surface area contributed by atoms with Crippen molar-refractivity contribution in [3.05, 3.63) is 69.4 Å². The highest BCUT2D eigenvalue weighted by atomic mass is 79.9. The smallest absolute Gasteiger partial charge is 0.124 e. The van der Waals surface area contributed by atoms with Crippen LogP contribution in [0.2, 0.25) is 0 Å². The second-order valence-electron chi connectivity index (χ2n) is 5.46. The van der Waals surface area contributed by atoms with E-state index in [1.165, 1.54) is 18.2 Å². The number of aliphatic hydroxyl groups excluding tert-OH is 1. The molecule has 0 spiro atoms. The van der Waals surface area contributed by atoms with E-state index in [-0.39, 0.29) is 5.82 Å². The van der Waals surface area contributed by atoms with Crippen LogP contribution in [0.1, 0.15) is 22.8 Å². The van der Waals surface area contributed by atoms with E-state index in [2.05, 4.69) is 22.0 Å². The Bertz CT molecular complexity index is 713. The predicted molar refractivity (Wildman–Crippen MR) is 81.0 cm³/mol. The molecule has 0 aromatic heterocycles. The summed E-state index contributed by atoms with van der Waals surface area (Å²) in [6.07, 6.45) is 0.0415. The van der Waals surface area contributed by atoms with Crippen molar-refractivity contribution in [2.45, 2.75) is 18.9 Å². The average Bonchev–Trinajstić information content (AvgIpc) is 2.86. The number of hydrogen-bond acceptors (Lipinski definition) is 2. The Hall–Kier alpha value is -1.70. The van der Waals surface area contributed by atoms with Crippen LogP contribution >= 0.6 is 15.9 Å². The number of rotatable bonds is 2. The molecule has 0 bridgehead atoms. The molecule has 2 aromatic carbocycles. The summed E-state index contributed by atoms with van der Waals surface area (Å²) in [7, 11) is 0. The highest BCUT2D eigenvalue weighted by molar-refractivity contribution is 9.10. The van der Waals surface area contributed by atoms with Gasteiger partial charge in [0.2, 0.25) is 0 Å². The fourth-order valence-corrected chi connectivity index (χ4v) is 3.57. The Labute approximate surface area is 131 Å². The van der Waals surface area contributed by atoms with E-state index < -0.39 is 11.5 Å². The molecule has 21 heavy (non-hydrogen) atoms. The molecule has 0 aliphatic heterocycles. The van der Waals surface area contributed by atoms with Crippen molar-refractivity contribution >= 4 is 15.9 Å². The lowest BCUT2D eigenvalue weighted by molar-refractivity contribution is 0.0687. The molecular weight excluding hydrogens is 333 g/mol. The van der Waals surface area contributed by atoms with Crippen molar-refractivity contribution in [2.75, 3.05) is 0 Å². The van der Waals surface area contributed by atoms with Gasteiger partial charge in [-0.3, -0.25) is 0 Å². The van der Waals surface area contributed by atoms with Crippen molar-refractivity contribution in [1.29, 1.82) is 5.26 Å². The SMILES string of the molecule is N#CC1(C(O)c2ccc(F)cc2Br)Cc2ccccc2C1. The molecule has 3 rings (SSSR count). The Balaban J connectivity index is 2.00. The van der Waals surface area contributed by atoms with Gasteiger partial charge in [-0.15, -0.1) is 0 Å². The first-order valence-electron chi connectivity index (χ1n) is 6.67. The third kappa shape index (κ3) is 2.37. The molecule has 1 aliphatic carbocycles. The minimum atomic E-state index is -0.968. The van der Waals surface area contributed by atoms with Crippen molar-refractivity contribution in [1.82, 2.24) is 0 Å². The van der Waals surface area contributed by atoms with E-state index >= 15 is 0 Å². The number of hydrogen-bond donors (Lipinski definition) is 1. The third-order valence-corrected chi connectivity index (χ3v) is 4.82. The highest BCUT2D eigenvalue weighted by Crippen LogP contribution is 2.46. The lowest BCUT2D eigenvalue weighted by atomic mass is 9.77. The van der Waals surface area contributed by atoms with Crippen LogP contribution in [0.3, 0.4) is 0 Å². The van der Waals surface area contributed by atoms with Crippen LogP contribution in [0, 0.1) is 22.6 Å². The first kappa shape index (κ1) is 14.2. The van der Waals surface area contributed by atoms with Crippen LogP contribution in [0.4, 0.5) is 4.39 Å². The lowest BCUT2D eigenvalue weighted by Crippen LogP contribution is -2.28. The van der Waals surface area contributed by atoms with E-state index in [1.807, 2.05) is 24.3 Å². The predicted octanol–water partition coefficient (Wildman–Crippen LogP) is 3.93. The molecule has 1 N–H and O–H groups in total. The second kappa shape index (κ2) is 5.25. The van der Waals surface area contributed by atoms with E-state index in [1.54, 1.807) is 0 Å². The van der Waals surface area contributed by atoms with Crippen LogP contribution in [0.5, 0.6) is 0 Å². The molecule has 0 heterocycles. The van der Waals surface area contributed by atoms with Gasteiger partial charge in [-0.25, -0.2) is 4.39 Å². The Morgan fingerprint density at radius 2 is 1.81 bits per heavy atom. The van der Waals surface area contributed by atoms with Gasteiger partial charge in [0.1, 0.15) is 5.82 Å². The maximum atomic E-state index is 13.2. The monoisotopic (exact) mass is 345 g/mol. The zero-order valence-electron chi connectivity index (χ0n) is 11.2. The first-order valence-corrected chi connectivity index (χ1v) is 7.46. The summed E-state index contributed by atoms with van der Waals surface area (Å²) < 4.78 is 13.7. The molecule has 0 saturated carbocycles.